The largest absolute Gasteiger partial charge is 0.370 e. The van der Waals surface area contributed by atoms with E-state index in [4.69, 9.17) is 0 Å². The van der Waals surface area contributed by atoms with E-state index in [1.807, 2.05) is 0 Å². The summed E-state index contributed by atoms with van der Waals surface area (Å²) >= 11 is 0. The highest BCUT2D eigenvalue weighted by molar-refractivity contribution is 4.67. The van der Waals surface area contributed by atoms with Gasteiger partial charge in [-0.3, -0.25) is 0 Å². The standard InChI is InChI=1S/C2H3N3O/c1-2-6-5-4-3-1/h1-2H,(H,3,5). The SMILES string of the molecule is C1=CONN=N1. The van der Waals surface area contributed by atoms with E-state index >= 15 is 0 Å². The molecule has 1 aliphatic rings. The molecule has 0 spiro atoms. The van der Waals surface area contributed by atoms with E-state index in [2.05, 4.69) is 20.8 Å². The van der Waals surface area contributed by atoms with E-state index in [0.717, 1.165) is 0 Å². The van der Waals surface area contributed by atoms with Gasteiger partial charge in [-0.05, 0) is 5.22 Å². The first-order chi connectivity index (χ1) is 3.00. The minimum absolute atomic E-state index is 1.40. The maximum absolute atomic E-state index is 4.38. The lowest BCUT2D eigenvalue weighted by Gasteiger charge is -1.94. The minimum atomic E-state index is 1.40. The van der Waals surface area contributed by atoms with Crippen LogP contribution in [0.15, 0.2) is 22.8 Å². The van der Waals surface area contributed by atoms with E-state index in [9.17, 15) is 0 Å². The first-order valence-electron chi connectivity index (χ1n) is 1.45. The predicted octanol–water partition coefficient (Wildman–Crippen LogP) is 0.360. The molecule has 0 saturated heterocycles. The van der Waals surface area contributed by atoms with Crippen molar-refractivity contribution in [3.63, 3.8) is 0 Å². The van der Waals surface area contributed by atoms with Gasteiger partial charge in [-0.25, -0.2) is 0 Å². The van der Waals surface area contributed by atoms with Crippen molar-refractivity contribution in [1.29, 1.82) is 0 Å². The number of nitrogens with one attached hydrogen (secondary N) is 1. The summed E-state index contributed by atoms with van der Waals surface area (Å²) in [4.78, 5) is 4.38. The molecule has 32 valence electrons. The number of rotatable bonds is 0. The van der Waals surface area contributed by atoms with Crippen LogP contribution in [0, 0.1) is 0 Å². The summed E-state index contributed by atoms with van der Waals surface area (Å²) in [6, 6.07) is 0. The van der Waals surface area contributed by atoms with Crippen LogP contribution in [-0.2, 0) is 4.84 Å². The van der Waals surface area contributed by atoms with Crippen LogP contribution >= 0.6 is 0 Å². The molecule has 0 aromatic rings. The molecule has 4 heteroatoms. The molecule has 1 rings (SSSR count). The summed E-state index contributed by atoms with van der Waals surface area (Å²) in [5.74, 6) is 0. The molecule has 0 unspecified atom stereocenters. The van der Waals surface area contributed by atoms with Crippen LogP contribution in [0.4, 0.5) is 0 Å². The molecule has 0 saturated carbocycles. The Morgan fingerprint density at radius 2 is 2.67 bits per heavy atom. The minimum Gasteiger partial charge on any atom is -0.370 e. The summed E-state index contributed by atoms with van der Waals surface area (Å²) in [6.45, 7) is 0. The second kappa shape index (κ2) is 1.40. The summed E-state index contributed by atoms with van der Waals surface area (Å²) in [5.41, 5.74) is 2.16. The van der Waals surface area contributed by atoms with Gasteiger partial charge in [-0.2, -0.15) is 0 Å². The molecule has 0 bridgehead atoms. The second-order valence-corrected chi connectivity index (χ2v) is 0.710. The van der Waals surface area contributed by atoms with Crippen molar-refractivity contribution in [1.82, 2.24) is 5.59 Å². The Hall–Kier alpha value is -1.06. The van der Waals surface area contributed by atoms with Gasteiger partial charge in [-0.15, -0.1) is 10.7 Å². The van der Waals surface area contributed by atoms with Crippen molar-refractivity contribution in [3.05, 3.63) is 12.5 Å². The van der Waals surface area contributed by atoms with Crippen LogP contribution < -0.4 is 5.59 Å². The lowest BCUT2D eigenvalue weighted by atomic mass is 11.0. The fraction of sp³-hybridized carbons (Fsp3) is 0. The molecule has 0 aromatic carbocycles. The van der Waals surface area contributed by atoms with E-state index in [-0.39, 0.29) is 0 Å². The zero-order valence-corrected chi connectivity index (χ0v) is 2.96. The normalized spacial score (nSPS) is 16.0. The second-order valence-electron chi connectivity index (χ2n) is 0.710. The number of nitrogens with zero attached hydrogens (tertiary/aromatic N) is 2. The van der Waals surface area contributed by atoms with Crippen molar-refractivity contribution in [2.75, 3.05) is 0 Å². The molecule has 0 fully saturated rings. The molecule has 0 amide bonds. The first kappa shape index (κ1) is 3.14. The average Bonchev–Trinajstić information content (AvgIpc) is 1.72. The molecule has 4 nitrogen and oxygen atoms in total. The smallest absolute Gasteiger partial charge is 0.141 e. The third-order valence-corrected chi connectivity index (χ3v) is 0.347. The lowest BCUT2D eigenvalue weighted by Crippen LogP contribution is -2.01. The Morgan fingerprint density at radius 1 is 1.67 bits per heavy atom. The van der Waals surface area contributed by atoms with Gasteiger partial charge in [0, 0.05) is 0 Å². The van der Waals surface area contributed by atoms with Crippen molar-refractivity contribution in [2.45, 2.75) is 0 Å². The summed E-state index contributed by atoms with van der Waals surface area (Å²) in [6.07, 6.45) is 2.84. The summed E-state index contributed by atoms with van der Waals surface area (Å²) in [7, 11) is 0. The molecule has 0 radical (unpaired) electrons. The third-order valence-electron chi connectivity index (χ3n) is 0.347. The van der Waals surface area contributed by atoms with Gasteiger partial charge in [0.05, 0.1) is 6.20 Å². The van der Waals surface area contributed by atoms with Crippen LogP contribution in [-0.4, -0.2) is 0 Å². The van der Waals surface area contributed by atoms with Gasteiger partial charge in [0.25, 0.3) is 0 Å². The van der Waals surface area contributed by atoms with E-state index in [1.54, 1.807) is 0 Å². The average molecular weight is 85.1 g/mol. The van der Waals surface area contributed by atoms with Crippen LogP contribution in [0.2, 0.25) is 0 Å². The fourth-order valence-electron chi connectivity index (χ4n) is 0.169. The highest BCUT2D eigenvalue weighted by atomic mass is 16.7. The van der Waals surface area contributed by atoms with E-state index in [1.165, 1.54) is 12.5 Å². The van der Waals surface area contributed by atoms with Crippen LogP contribution in [0.3, 0.4) is 0 Å². The van der Waals surface area contributed by atoms with Crippen LogP contribution in [0.25, 0.3) is 0 Å². The molecule has 6 heavy (non-hydrogen) atoms. The molecule has 1 aliphatic heterocycles. The van der Waals surface area contributed by atoms with Gasteiger partial charge in [0.1, 0.15) is 6.26 Å². The maximum Gasteiger partial charge on any atom is 0.141 e. The third kappa shape index (κ3) is 0.453. The first-order valence-corrected chi connectivity index (χ1v) is 1.45. The van der Waals surface area contributed by atoms with Crippen LogP contribution in [0.1, 0.15) is 0 Å². The Labute approximate surface area is 34.4 Å². The van der Waals surface area contributed by atoms with Crippen molar-refractivity contribution in [3.8, 4) is 0 Å². The van der Waals surface area contributed by atoms with Gasteiger partial charge in [-0.1, -0.05) is 0 Å². The van der Waals surface area contributed by atoms with E-state index < -0.39 is 0 Å². The fourth-order valence-corrected chi connectivity index (χ4v) is 0.169. The number of hydrogen-bond donors (Lipinski definition) is 1. The Kier molecular flexibility index (Phi) is 0.731. The quantitative estimate of drug-likeness (QED) is 0.461. The Morgan fingerprint density at radius 3 is 2.83 bits per heavy atom. The molecule has 0 atom stereocenters. The highest BCUT2D eigenvalue weighted by Gasteiger charge is 1.74. The van der Waals surface area contributed by atoms with Crippen molar-refractivity contribution < 1.29 is 4.84 Å². The van der Waals surface area contributed by atoms with Gasteiger partial charge in [0.15, 0.2) is 0 Å². The molecular weight excluding hydrogens is 82.0 g/mol. The van der Waals surface area contributed by atoms with Crippen LogP contribution in [0.5, 0.6) is 0 Å². The molecular formula is C2H3N3O. The van der Waals surface area contributed by atoms with Crippen molar-refractivity contribution in [2.24, 2.45) is 10.3 Å². The Balaban J connectivity index is 2.46. The predicted molar refractivity (Wildman–Crippen MR) is 18.2 cm³/mol. The van der Waals surface area contributed by atoms with Gasteiger partial charge >= 0.3 is 0 Å². The zero-order valence-electron chi connectivity index (χ0n) is 2.96. The molecule has 0 aliphatic carbocycles. The highest BCUT2D eigenvalue weighted by Crippen LogP contribution is 1.81. The topological polar surface area (TPSA) is 46.0 Å². The molecule has 0 aromatic heterocycles. The zero-order chi connectivity index (χ0) is 4.24. The maximum atomic E-state index is 4.38. The Bertz CT molecular complexity index is 74.8. The summed E-state index contributed by atoms with van der Waals surface area (Å²) in [5, 5.41) is 6.63. The molecule has 1 heterocycles. The summed E-state index contributed by atoms with van der Waals surface area (Å²) < 4.78 is 0. The van der Waals surface area contributed by atoms with Gasteiger partial charge < -0.3 is 4.84 Å². The monoisotopic (exact) mass is 85.0 g/mol. The molecule has 1 N–H and O–H groups in total. The van der Waals surface area contributed by atoms with Gasteiger partial charge in [0.2, 0.25) is 0 Å². The van der Waals surface area contributed by atoms with Crippen molar-refractivity contribution >= 4 is 0 Å². The lowest BCUT2D eigenvalue weighted by molar-refractivity contribution is 0.122. The van der Waals surface area contributed by atoms with E-state index in [0.29, 0.717) is 0 Å². The number of hydrogen-bond acceptors (Lipinski definition) is 4.